The van der Waals surface area contributed by atoms with Gasteiger partial charge in [0.15, 0.2) is 5.03 Å². The summed E-state index contributed by atoms with van der Waals surface area (Å²) < 4.78 is 26.3. The molecule has 17 heavy (non-hydrogen) atoms. The van der Waals surface area contributed by atoms with Crippen LogP contribution in [0.3, 0.4) is 0 Å². The van der Waals surface area contributed by atoms with Gasteiger partial charge in [-0.3, -0.25) is 0 Å². The first-order valence-corrected chi connectivity index (χ1v) is 7.00. The molecule has 0 aromatic carbocycles. The molecular formula is C11H17N3O2S. The lowest BCUT2D eigenvalue weighted by Crippen LogP contribution is -2.51. The third-order valence-corrected chi connectivity index (χ3v) is 5.39. The third kappa shape index (κ3) is 1.96. The molecule has 1 saturated heterocycles. The van der Waals surface area contributed by atoms with Crippen LogP contribution in [0.15, 0.2) is 29.4 Å². The maximum atomic E-state index is 12.4. The van der Waals surface area contributed by atoms with Crippen LogP contribution in [0.2, 0.25) is 0 Å². The molecule has 1 aromatic heterocycles. The van der Waals surface area contributed by atoms with Gasteiger partial charge in [-0.1, -0.05) is 6.07 Å². The Kier molecular flexibility index (Phi) is 2.97. The van der Waals surface area contributed by atoms with E-state index in [1.54, 1.807) is 12.1 Å². The molecule has 1 aromatic rings. The van der Waals surface area contributed by atoms with Crippen LogP contribution in [-0.4, -0.2) is 35.8 Å². The molecule has 6 heteroatoms. The van der Waals surface area contributed by atoms with Crippen LogP contribution in [0.1, 0.15) is 20.3 Å². The van der Waals surface area contributed by atoms with Crippen LogP contribution in [-0.2, 0) is 10.0 Å². The summed E-state index contributed by atoms with van der Waals surface area (Å²) in [5, 5.41) is 0.0853. The van der Waals surface area contributed by atoms with Crippen molar-refractivity contribution in [2.45, 2.75) is 36.9 Å². The summed E-state index contributed by atoms with van der Waals surface area (Å²) in [5.74, 6) is 0. The van der Waals surface area contributed by atoms with Gasteiger partial charge in [-0.25, -0.2) is 13.4 Å². The van der Waals surface area contributed by atoms with E-state index in [1.807, 2.05) is 13.8 Å². The Labute approximate surface area is 102 Å². The minimum Gasteiger partial charge on any atom is -0.326 e. The quantitative estimate of drug-likeness (QED) is 0.838. The topological polar surface area (TPSA) is 76.3 Å². The third-order valence-electron chi connectivity index (χ3n) is 3.39. The number of hydrogen-bond donors (Lipinski definition) is 1. The highest BCUT2D eigenvalue weighted by Gasteiger charge is 2.46. The van der Waals surface area contributed by atoms with Crippen molar-refractivity contribution in [1.29, 1.82) is 0 Å². The van der Waals surface area contributed by atoms with E-state index in [0.29, 0.717) is 13.0 Å². The Morgan fingerprint density at radius 2 is 2.18 bits per heavy atom. The highest BCUT2D eigenvalue weighted by Crippen LogP contribution is 2.32. The average Bonchev–Trinajstić information content (AvgIpc) is 2.55. The van der Waals surface area contributed by atoms with E-state index in [-0.39, 0.29) is 11.1 Å². The monoisotopic (exact) mass is 255 g/mol. The highest BCUT2D eigenvalue weighted by atomic mass is 32.2. The molecule has 1 aliphatic heterocycles. The maximum Gasteiger partial charge on any atom is 0.261 e. The lowest BCUT2D eigenvalue weighted by Gasteiger charge is -2.33. The van der Waals surface area contributed by atoms with Crippen molar-refractivity contribution >= 4 is 10.0 Å². The first-order chi connectivity index (χ1) is 7.87. The molecule has 0 amide bonds. The predicted octanol–water partition coefficient (Wildman–Crippen LogP) is 0.582. The van der Waals surface area contributed by atoms with Gasteiger partial charge in [-0.05, 0) is 32.4 Å². The van der Waals surface area contributed by atoms with Gasteiger partial charge in [-0.2, -0.15) is 4.31 Å². The van der Waals surface area contributed by atoms with Gasteiger partial charge in [0.05, 0.1) is 0 Å². The lowest BCUT2D eigenvalue weighted by atomic mass is 9.98. The van der Waals surface area contributed by atoms with Crippen LogP contribution in [0.5, 0.6) is 0 Å². The molecule has 0 aliphatic carbocycles. The molecule has 2 heterocycles. The zero-order chi connectivity index (χ0) is 12.7. The van der Waals surface area contributed by atoms with Crippen molar-refractivity contribution in [1.82, 2.24) is 9.29 Å². The summed E-state index contributed by atoms with van der Waals surface area (Å²) in [7, 11) is -3.54. The number of hydrogen-bond acceptors (Lipinski definition) is 4. The molecule has 0 saturated carbocycles. The minimum absolute atomic E-state index is 0.0853. The van der Waals surface area contributed by atoms with Crippen molar-refractivity contribution in [2.75, 3.05) is 6.54 Å². The second-order valence-corrected chi connectivity index (χ2v) is 6.60. The fourth-order valence-electron chi connectivity index (χ4n) is 2.13. The van der Waals surface area contributed by atoms with E-state index in [0.717, 1.165) is 0 Å². The molecule has 0 bridgehead atoms. The molecule has 2 rings (SSSR count). The second kappa shape index (κ2) is 4.04. The van der Waals surface area contributed by atoms with E-state index >= 15 is 0 Å². The van der Waals surface area contributed by atoms with Gasteiger partial charge < -0.3 is 5.73 Å². The fraction of sp³-hybridized carbons (Fsp3) is 0.545. The van der Waals surface area contributed by atoms with Gasteiger partial charge in [0, 0.05) is 24.3 Å². The molecule has 1 atom stereocenters. The minimum atomic E-state index is -3.54. The summed E-state index contributed by atoms with van der Waals surface area (Å²) in [6.07, 6.45) is 2.16. The summed E-state index contributed by atoms with van der Waals surface area (Å²) in [4.78, 5) is 3.92. The van der Waals surface area contributed by atoms with E-state index in [2.05, 4.69) is 4.98 Å². The van der Waals surface area contributed by atoms with E-state index < -0.39 is 15.6 Å². The van der Waals surface area contributed by atoms with Gasteiger partial charge in [-0.15, -0.1) is 0 Å². The molecule has 1 aliphatic rings. The fourth-order valence-corrected chi connectivity index (χ4v) is 3.90. The molecule has 0 radical (unpaired) electrons. The first kappa shape index (κ1) is 12.5. The van der Waals surface area contributed by atoms with Crippen molar-refractivity contribution < 1.29 is 8.42 Å². The number of nitrogens with zero attached hydrogens (tertiary/aromatic N) is 2. The Bertz CT molecular complexity index is 499. The summed E-state index contributed by atoms with van der Waals surface area (Å²) in [6.45, 7) is 4.16. The van der Waals surface area contributed by atoms with Gasteiger partial charge in [0.25, 0.3) is 10.0 Å². The Morgan fingerprint density at radius 1 is 1.47 bits per heavy atom. The molecule has 5 nitrogen and oxygen atoms in total. The first-order valence-electron chi connectivity index (χ1n) is 5.56. The molecule has 1 unspecified atom stereocenters. The van der Waals surface area contributed by atoms with Gasteiger partial charge >= 0.3 is 0 Å². The number of sulfonamides is 1. The largest absolute Gasteiger partial charge is 0.326 e. The number of aromatic nitrogens is 1. The zero-order valence-corrected chi connectivity index (χ0v) is 10.8. The van der Waals surface area contributed by atoms with Crippen LogP contribution in [0.25, 0.3) is 0 Å². The van der Waals surface area contributed by atoms with E-state index in [9.17, 15) is 8.42 Å². The normalized spacial score (nSPS) is 25.0. The average molecular weight is 255 g/mol. The van der Waals surface area contributed by atoms with Crippen LogP contribution in [0.4, 0.5) is 0 Å². The lowest BCUT2D eigenvalue weighted by molar-refractivity contribution is 0.269. The molecular weight excluding hydrogens is 238 g/mol. The highest BCUT2D eigenvalue weighted by molar-refractivity contribution is 7.89. The number of nitrogens with two attached hydrogens (primary N) is 1. The van der Waals surface area contributed by atoms with Gasteiger partial charge in [0.2, 0.25) is 0 Å². The van der Waals surface area contributed by atoms with Gasteiger partial charge in [0.1, 0.15) is 0 Å². The van der Waals surface area contributed by atoms with Crippen LogP contribution < -0.4 is 5.73 Å². The van der Waals surface area contributed by atoms with Crippen LogP contribution >= 0.6 is 0 Å². The van der Waals surface area contributed by atoms with Crippen molar-refractivity contribution in [2.24, 2.45) is 5.73 Å². The molecule has 1 fully saturated rings. The summed E-state index contributed by atoms with van der Waals surface area (Å²) >= 11 is 0. The molecule has 2 N–H and O–H groups in total. The maximum absolute atomic E-state index is 12.4. The van der Waals surface area contributed by atoms with E-state index in [1.165, 1.54) is 16.6 Å². The summed E-state index contributed by atoms with van der Waals surface area (Å²) in [6, 6.07) is 4.74. The molecule has 94 valence electrons. The Hall–Kier alpha value is -0.980. The summed E-state index contributed by atoms with van der Waals surface area (Å²) in [5.41, 5.74) is 5.39. The van der Waals surface area contributed by atoms with Crippen molar-refractivity contribution in [3.63, 3.8) is 0 Å². The SMILES string of the molecule is CC1(C)C(N)CCN1S(=O)(=O)c1ccccn1. The Balaban J connectivity index is 2.42. The zero-order valence-electron chi connectivity index (χ0n) is 10.00. The predicted molar refractivity (Wildman–Crippen MR) is 64.8 cm³/mol. The van der Waals surface area contributed by atoms with Crippen molar-refractivity contribution in [3.8, 4) is 0 Å². The van der Waals surface area contributed by atoms with Crippen molar-refractivity contribution in [3.05, 3.63) is 24.4 Å². The van der Waals surface area contributed by atoms with Crippen LogP contribution in [0, 0.1) is 0 Å². The standard InChI is InChI=1S/C11H17N3O2S/c1-11(2)9(12)6-8-14(11)17(15,16)10-5-3-4-7-13-10/h3-5,7,9H,6,8,12H2,1-2H3. The second-order valence-electron chi connectivity index (χ2n) is 4.79. The molecule has 0 spiro atoms. The van der Waals surface area contributed by atoms with E-state index in [4.69, 9.17) is 5.73 Å². The number of rotatable bonds is 2. The number of pyridine rings is 1. The smallest absolute Gasteiger partial charge is 0.261 e. The Morgan fingerprint density at radius 3 is 2.65 bits per heavy atom.